The Morgan fingerprint density at radius 3 is 3.06 bits per heavy atom. The Balaban J connectivity index is 2.12. The fourth-order valence-electron chi connectivity index (χ4n) is 1.18. The number of aromatic nitrogens is 2. The molecule has 0 unspecified atom stereocenters. The SMILES string of the molecule is C/C(=N/NC(=O)c1c(N)no[n+]1[O-])c1cccs1. The molecule has 18 heavy (non-hydrogen) atoms. The van der Waals surface area contributed by atoms with Gasteiger partial charge in [0.15, 0.2) is 0 Å². The highest BCUT2D eigenvalue weighted by Gasteiger charge is 2.24. The summed E-state index contributed by atoms with van der Waals surface area (Å²) in [4.78, 5) is 12.4. The number of nitrogens with zero attached hydrogens (tertiary/aromatic N) is 3. The van der Waals surface area contributed by atoms with Gasteiger partial charge in [-0.15, -0.1) is 11.3 Å². The number of nitrogens with two attached hydrogens (primary N) is 1. The predicted octanol–water partition coefficient (Wildman–Crippen LogP) is 0.106. The minimum atomic E-state index is -0.778. The summed E-state index contributed by atoms with van der Waals surface area (Å²) in [6, 6.07) is 3.72. The molecule has 94 valence electrons. The fourth-order valence-corrected chi connectivity index (χ4v) is 1.86. The number of nitrogen functional groups attached to an aromatic ring is 1. The number of carbonyl (C=O) groups excluding carboxylic acids is 1. The molecule has 0 saturated heterocycles. The van der Waals surface area contributed by atoms with Crippen LogP contribution in [-0.4, -0.2) is 16.8 Å². The van der Waals surface area contributed by atoms with Crippen LogP contribution in [0.3, 0.4) is 0 Å². The van der Waals surface area contributed by atoms with Crippen LogP contribution < -0.4 is 16.1 Å². The minimum absolute atomic E-state index is 0.0688. The molecule has 0 saturated carbocycles. The molecule has 3 N–H and O–H groups in total. The zero-order valence-corrected chi connectivity index (χ0v) is 10.1. The summed E-state index contributed by atoms with van der Waals surface area (Å²) in [6.07, 6.45) is 0. The number of hydrogen-bond acceptors (Lipinski definition) is 7. The minimum Gasteiger partial charge on any atom is -0.359 e. The topological polar surface area (TPSA) is 120 Å². The largest absolute Gasteiger partial charge is 0.359 e. The second-order valence-corrected chi connectivity index (χ2v) is 4.23. The van der Waals surface area contributed by atoms with E-state index in [1.807, 2.05) is 17.5 Å². The van der Waals surface area contributed by atoms with Crippen molar-refractivity contribution in [3.63, 3.8) is 0 Å². The highest BCUT2D eigenvalue weighted by Crippen LogP contribution is 2.09. The van der Waals surface area contributed by atoms with Crippen molar-refractivity contribution >= 4 is 28.8 Å². The van der Waals surface area contributed by atoms with Gasteiger partial charge in [-0.1, -0.05) is 6.07 Å². The maximum Gasteiger partial charge on any atom is 0.322 e. The summed E-state index contributed by atoms with van der Waals surface area (Å²) in [5, 5.41) is 20.0. The first-order valence-corrected chi connectivity index (χ1v) is 5.71. The molecule has 9 heteroatoms. The normalized spacial score (nSPS) is 11.5. The number of nitrogens with one attached hydrogen (secondary N) is 1. The average Bonchev–Trinajstić information content (AvgIpc) is 2.96. The Hall–Kier alpha value is -2.42. The van der Waals surface area contributed by atoms with Crippen LogP contribution in [-0.2, 0) is 0 Å². The van der Waals surface area contributed by atoms with E-state index < -0.39 is 11.6 Å². The van der Waals surface area contributed by atoms with Crippen molar-refractivity contribution in [1.29, 1.82) is 0 Å². The van der Waals surface area contributed by atoms with Gasteiger partial charge in [0, 0.05) is 4.88 Å². The molecule has 2 aromatic rings. The third kappa shape index (κ3) is 2.30. The maximum atomic E-state index is 11.6. The molecule has 2 heterocycles. The molecule has 0 bridgehead atoms. The van der Waals surface area contributed by atoms with E-state index in [0.29, 0.717) is 5.71 Å². The van der Waals surface area contributed by atoms with Crippen molar-refractivity contribution in [1.82, 2.24) is 10.6 Å². The first-order valence-electron chi connectivity index (χ1n) is 4.83. The van der Waals surface area contributed by atoms with E-state index in [4.69, 9.17) is 5.73 Å². The third-order valence-electron chi connectivity index (χ3n) is 2.06. The molecular weight excluding hydrogens is 258 g/mol. The molecule has 0 aliphatic carbocycles. The van der Waals surface area contributed by atoms with Crippen molar-refractivity contribution in [2.75, 3.05) is 5.73 Å². The molecular formula is C9H9N5O3S. The van der Waals surface area contributed by atoms with Gasteiger partial charge in [-0.2, -0.15) is 5.10 Å². The number of amides is 1. The third-order valence-corrected chi connectivity index (χ3v) is 3.04. The van der Waals surface area contributed by atoms with E-state index in [2.05, 4.69) is 20.3 Å². The summed E-state index contributed by atoms with van der Waals surface area (Å²) in [5.41, 5.74) is 7.72. The number of thiophene rings is 1. The van der Waals surface area contributed by atoms with E-state index in [1.165, 1.54) is 11.3 Å². The molecule has 0 aliphatic rings. The Bertz CT molecular complexity index is 570. The quantitative estimate of drug-likeness (QED) is 0.464. The van der Waals surface area contributed by atoms with Gasteiger partial charge in [0.2, 0.25) is 0 Å². The van der Waals surface area contributed by atoms with Crippen molar-refractivity contribution in [2.45, 2.75) is 6.92 Å². The predicted molar refractivity (Wildman–Crippen MR) is 63.9 cm³/mol. The summed E-state index contributed by atoms with van der Waals surface area (Å²) < 4.78 is 4.17. The molecule has 0 atom stereocenters. The van der Waals surface area contributed by atoms with Gasteiger partial charge < -0.3 is 10.9 Å². The second kappa shape index (κ2) is 4.84. The van der Waals surface area contributed by atoms with Gasteiger partial charge in [-0.25, -0.2) is 5.43 Å². The van der Waals surface area contributed by atoms with E-state index in [1.54, 1.807) is 6.92 Å². The fraction of sp³-hybridized carbons (Fsp3) is 0.111. The van der Waals surface area contributed by atoms with Crippen LogP contribution in [0.25, 0.3) is 0 Å². The molecule has 2 rings (SSSR count). The van der Waals surface area contributed by atoms with Crippen molar-refractivity contribution in [3.05, 3.63) is 33.3 Å². The number of carbonyl (C=O) groups is 1. The molecule has 0 aromatic carbocycles. The first-order chi connectivity index (χ1) is 8.59. The van der Waals surface area contributed by atoms with E-state index in [-0.39, 0.29) is 10.7 Å². The van der Waals surface area contributed by atoms with Gasteiger partial charge in [-0.05, 0) is 23.3 Å². The van der Waals surface area contributed by atoms with Crippen molar-refractivity contribution < 1.29 is 14.3 Å². The smallest absolute Gasteiger partial charge is 0.322 e. The number of hydrogen-bond donors (Lipinski definition) is 2. The lowest BCUT2D eigenvalue weighted by Gasteiger charge is -1.98. The highest BCUT2D eigenvalue weighted by atomic mass is 32.1. The molecule has 0 radical (unpaired) electrons. The summed E-state index contributed by atoms with van der Waals surface area (Å²) in [7, 11) is 0. The van der Waals surface area contributed by atoms with Crippen LogP contribution in [0, 0.1) is 5.21 Å². The first kappa shape index (κ1) is 12.0. The molecule has 8 nitrogen and oxygen atoms in total. The lowest BCUT2D eigenvalue weighted by atomic mass is 10.3. The zero-order valence-electron chi connectivity index (χ0n) is 9.28. The second-order valence-electron chi connectivity index (χ2n) is 3.28. The molecule has 0 fully saturated rings. The maximum absolute atomic E-state index is 11.6. The van der Waals surface area contributed by atoms with Crippen molar-refractivity contribution in [2.24, 2.45) is 5.10 Å². The Kier molecular flexibility index (Phi) is 3.24. The van der Waals surface area contributed by atoms with E-state index in [0.717, 1.165) is 4.88 Å². The Morgan fingerprint density at radius 1 is 1.72 bits per heavy atom. The lowest BCUT2D eigenvalue weighted by molar-refractivity contribution is -0.803. The van der Waals surface area contributed by atoms with Gasteiger partial charge in [0.1, 0.15) is 0 Å². The average molecular weight is 267 g/mol. The van der Waals surface area contributed by atoms with Gasteiger partial charge in [0.05, 0.1) is 10.9 Å². The molecule has 2 aromatic heterocycles. The van der Waals surface area contributed by atoms with E-state index >= 15 is 0 Å². The Morgan fingerprint density at radius 2 is 2.50 bits per heavy atom. The van der Waals surface area contributed by atoms with Crippen LogP contribution in [0.5, 0.6) is 0 Å². The van der Waals surface area contributed by atoms with Crippen LogP contribution in [0.2, 0.25) is 0 Å². The lowest BCUT2D eigenvalue weighted by Crippen LogP contribution is -2.36. The standard InChI is InChI=1S/C9H9N5O3S/c1-5(6-3-2-4-18-6)11-12-9(15)7-8(10)13-17-14(7)16/h2-4H,1H3,(H2,10,13)(H,12,15)/b11-5-. The summed E-state index contributed by atoms with van der Waals surface area (Å²) >= 11 is 1.48. The van der Waals surface area contributed by atoms with Crippen LogP contribution in [0.4, 0.5) is 5.82 Å². The Labute approximate surface area is 105 Å². The van der Waals surface area contributed by atoms with Crippen LogP contribution in [0.1, 0.15) is 22.3 Å². The van der Waals surface area contributed by atoms with Gasteiger partial charge >= 0.3 is 17.4 Å². The summed E-state index contributed by atoms with van der Waals surface area (Å²) in [6.45, 7) is 1.73. The molecule has 1 amide bonds. The van der Waals surface area contributed by atoms with Crippen LogP contribution >= 0.6 is 11.3 Å². The van der Waals surface area contributed by atoms with Crippen molar-refractivity contribution in [3.8, 4) is 0 Å². The monoisotopic (exact) mass is 267 g/mol. The number of anilines is 1. The molecule has 0 aliphatic heterocycles. The number of rotatable bonds is 3. The van der Waals surface area contributed by atoms with E-state index in [9.17, 15) is 10.0 Å². The van der Waals surface area contributed by atoms with Crippen LogP contribution in [0.15, 0.2) is 27.2 Å². The van der Waals surface area contributed by atoms with Gasteiger partial charge in [-0.3, -0.25) is 9.42 Å². The van der Waals surface area contributed by atoms with Gasteiger partial charge in [0.25, 0.3) is 0 Å². The summed E-state index contributed by atoms with van der Waals surface area (Å²) in [5.74, 6) is -1.06. The highest BCUT2D eigenvalue weighted by molar-refractivity contribution is 7.12. The molecule has 0 spiro atoms. The number of hydrazone groups is 1. The zero-order chi connectivity index (χ0) is 13.1.